The first-order chi connectivity index (χ1) is 26.8. The van der Waals surface area contributed by atoms with Gasteiger partial charge in [-0.25, -0.2) is 15.0 Å². The van der Waals surface area contributed by atoms with Crippen molar-refractivity contribution >= 4 is 0 Å². The number of aromatic nitrogens is 3. The van der Waals surface area contributed by atoms with Crippen LogP contribution in [0.4, 0.5) is 0 Å². The quantitative estimate of drug-likeness (QED) is 0.159. The molecule has 8 aromatic carbocycles. The predicted octanol–water partition coefficient (Wildman–Crippen LogP) is 13.2. The van der Waals surface area contributed by atoms with Gasteiger partial charge >= 0.3 is 0 Å². The number of hydrogen-bond donors (Lipinski definition) is 0. The molecular weight excluding hydrogens is 655 g/mol. The summed E-state index contributed by atoms with van der Waals surface area (Å²) < 4.78 is 0. The zero-order valence-electron chi connectivity index (χ0n) is 29.5. The third kappa shape index (κ3) is 6.74. The van der Waals surface area contributed by atoms with E-state index in [9.17, 15) is 0 Å². The lowest BCUT2D eigenvalue weighted by Gasteiger charge is -2.15. The highest BCUT2D eigenvalue weighted by molar-refractivity contribution is 5.90. The van der Waals surface area contributed by atoms with Crippen LogP contribution in [-0.2, 0) is 0 Å². The van der Waals surface area contributed by atoms with Crippen molar-refractivity contribution in [3.63, 3.8) is 0 Å². The van der Waals surface area contributed by atoms with E-state index in [-0.39, 0.29) is 0 Å². The van der Waals surface area contributed by atoms with Gasteiger partial charge < -0.3 is 0 Å². The summed E-state index contributed by atoms with van der Waals surface area (Å²) in [5, 5.41) is 0. The molecule has 0 aliphatic rings. The molecule has 3 nitrogen and oxygen atoms in total. The molecule has 0 N–H and O–H groups in total. The maximum Gasteiger partial charge on any atom is 0.164 e. The summed E-state index contributed by atoms with van der Waals surface area (Å²) in [6.45, 7) is 0. The van der Waals surface area contributed by atoms with Crippen molar-refractivity contribution in [2.24, 2.45) is 0 Å². The third-order valence-electron chi connectivity index (χ3n) is 9.80. The monoisotopic (exact) mass is 689 g/mol. The summed E-state index contributed by atoms with van der Waals surface area (Å²) in [7, 11) is 0. The molecule has 0 spiro atoms. The van der Waals surface area contributed by atoms with E-state index in [4.69, 9.17) is 15.0 Å². The average Bonchev–Trinajstić information content (AvgIpc) is 3.27. The first-order valence-electron chi connectivity index (χ1n) is 18.2. The fourth-order valence-corrected chi connectivity index (χ4v) is 7.02. The highest BCUT2D eigenvalue weighted by Gasteiger charge is 2.18. The van der Waals surface area contributed by atoms with E-state index in [1.807, 2.05) is 12.1 Å². The van der Waals surface area contributed by atoms with E-state index in [0.717, 1.165) is 55.6 Å². The van der Waals surface area contributed by atoms with Crippen molar-refractivity contribution in [1.82, 2.24) is 15.0 Å². The minimum absolute atomic E-state index is 0.623. The van der Waals surface area contributed by atoms with Crippen LogP contribution in [0.15, 0.2) is 212 Å². The molecule has 9 rings (SSSR count). The molecule has 0 radical (unpaired) electrons. The molecule has 0 saturated carbocycles. The van der Waals surface area contributed by atoms with Gasteiger partial charge in [-0.1, -0.05) is 206 Å². The number of hydrogen-bond acceptors (Lipinski definition) is 3. The Morgan fingerprint density at radius 3 is 1.02 bits per heavy atom. The minimum Gasteiger partial charge on any atom is -0.208 e. The van der Waals surface area contributed by atoms with Gasteiger partial charge in [-0.3, -0.25) is 0 Å². The van der Waals surface area contributed by atoms with Crippen molar-refractivity contribution in [3.05, 3.63) is 212 Å². The number of nitrogens with zero attached hydrogens (tertiary/aromatic N) is 3. The fraction of sp³-hybridized carbons (Fsp3) is 0. The van der Waals surface area contributed by atoms with Crippen LogP contribution < -0.4 is 0 Å². The summed E-state index contributed by atoms with van der Waals surface area (Å²) in [5.74, 6) is 1.87. The van der Waals surface area contributed by atoms with Gasteiger partial charge in [-0.15, -0.1) is 0 Å². The van der Waals surface area contributed by atoms with E-state index in [0.29, 0.717) is 17.5 Å². The van der Waals surface area contributed by atoms with Crippen LogP contribution in [0, 0.1) is 0 Å². The van der Waals surface area contributed by atoms with Crippen LogP contribution in [0.5, 0.6) is 0 Å². The van der Waals surface area contributed by atoms with Crippen molar-refractivity contribution in [1.29, 1.82) is 0 Å². The molecule has 0 amide bonds. The van der Waals surface area contributed by atoms with E-state index >= 15 is 0 Å². The summed E-state index contributed by atoms with van der Waals surface area (Å²) in [4.78, 5) is 15.5. The Bertz CT molecular complexity index is 2670. The second-order valence-corrected chi connectivity index (χ2v) is 13.2. The van der Waals surface area contributed by atoms with E-state index < -0.39 is 0 Å². The predicted molar refractivity (Wildman–Crippen MR) is 223 cm³/mol. The second-order valence-electron chi connectivity index (χ2n) is 13.2. The van der Waals surface area contributed by atoms with Gasteiger partial charge in [0.15, 0.2) is 17.5 Å². The summed E-state index contributed by atoms with van der Waals surface area (Å²) >= 11 is 0. The highest BCUT2D eigenvalue weighted by Crippen LogP contribution is 2.38. The first-order valence-corrected chi connectivity index (χ1v) is 18.2. The Kier molecular flexibility index (Phi) is 8.94. The topological polar surface area (TPSA) is 38.7 Å². The van der Waals surface area contributed by atoms with Gasteiger partial charge in [0.25, 0.3) is 0 Å². The maximum atomic E-state index is 5.19. The van der Waals surface area contributed by atoms with E-state index in [1.165, 1.54) is 16.7 Å². The molecule has 254 valence electrons. The second kappa shape index (κ2) is 14.8. The Balaban J connectivity index is 1.15. The van der Waals surface area contributed by atoms with Crippen molar-refractivity contribution in [2.45, 2.75) is 0 Å². The molecule has 54 heavy (non-hydrogen) atoms. The lowest BCUT2D eigenvalue weighted by atomic mass is 9.91. The van der Waals surface area contributed by atoms with Gasteiger partial charge in [0.2, 0.25) is 0 Å². The molecule has 1 aromatic heterocycles. The molecule has 1 heterocycles. The summed E-state index contributed by atoms with van der Waals surface area (Å²) in [6, 6.07) is 74.0. The smallest absolute Gasteiger partial charge is 0.164 e. The molecule has 0 saturated heterocycles. The van der Waals surface area contributed by atoms with Gasteiger partial charge in [0.05, 0.1) is 0 Å². The number of rotatable bonds is 8. The Morgan fingerprint density at radius 1 is 0.185 bits per heavy atom. The molecule has 3 heteroatoms. The molecule has 0 aliphatic carbocycles. The molecule has 0 atom stereocenters. The molecule has 0 unspecified atom stereocenters. The molecular formula is C51H35N3. The summed E-state index contributed by atoms with van der Waals surface area (Å²) in [6.07, 6.45) is 0. The zero-order valence-corrected chi connectivity index (χ0v) is 29.5. The SMILES string of the molecule is c1ccc(-c2ccc(-c3nc(-c4ccc(-c5cccc(-c6ccccc6)c5)cc4)nc(-c4ccccc4-c4ccccc4-c4ccccc4)n3)cc2)cc1. The molecule has 9 aromatic rings. The van der Waals surface area contributed by atoms with Crippen LogP contribution in [-0.4, -0.2) is 15.0 Å². The summed E-state index contributed by atoms with van der Waals surface area (Å²) in [5.41, 5.74) is 14.3. The maximum absolute atomic E-state index is 5.19. The Labute approximate surface area is 316 Å². The zero-order chi connectivity index (χ0) is 36.1. The van der Waals surface area contributed by atoms with E-state index in [1.54, 1.807) is 0 Å². The van der Waals surface area contributed by atoms with Gasteiger partial charge in [0.1, 0.15) is 0 Å². The normalized spacial score (nSPS) is 11.0. The Morgan fingerprint density at radius 2 is 0.500 bits per heavy atom. The van der Waals surface area contributed by atoms with Crippen molar-refractivity contribution < 1.29 is 0 Å². The van der Waals surface area contributed by atoms with Crippen LogP contribution in [0.1, 0.15) is 0 Å². The lowest BCUT2D eigenvalue weighted by molar-refractivity contribution is 1.07. The Hall–Kier alpha value is -7.23. The van der Waals surface area contributed by atoms with E-state index in [2.05, 4.69) is 200 Å². The highest BCUT2D eigenvalue weighted by atomic mass is 15.0. The van der Waals surface area contributed by atoms with Crippen LogP contribution >= 0.6 is 0 Å². The first kappa shape index (κ1) is 32.7. The van der Waals surface area contributed by atoms with Crippen molar-refractivity contribution in [2.75, 3.05) is 0 Å². The molecule has 0 fully saturated rings. The van der Waals surface area contributed by atoms with Gasteiger partial charge in [-0.05, 0) is 61.7 Å². The fourth-order valence-electron chi connectivity index (χ4n) is 7.02. The van der Waals surface area contributed by atoms with Gasteiger partial charge in [0, 0.05) is 16.7 Å². The molecule has 0 aliphatic heterocycles. The van der Waals surface area contributed by atoms with Gasteiger partial charge in [-0.2, -0.15) is 0 Å². The van der Waals surface area contributed by atoms with Crippen LogP contribution in [0.2, 0.25) is 0 Å². The van der Waals surface area contributed by atoms with Crippen LogP contribution in [0.3, 0.4) is 0 Å². The average molecular weight is 690 g/mol. The van der Waals surface area contributed by atoms with Crippen molar-refractivity contribution in [3.8, 4) is 89.8 Å². The minimum atomic E-state index is 0.623. The van der Waals surface area contributed by atoms with Crippen LogP contribution in [0.25, 0.3) is 89.8 Å². The lowest BCUT2D eigenvalue weighted by Crippen LogP contribution is -2.01. The standard InChI is InChI=1S/C51H35N3/c1-4-15-36(16-5-1)38-27-31-41(32-28-38)49-52-50(42-33-29-39(30-34-42)44-22-14-21-43(35-44)37-17-6-2-7-18-37)54-51(53-49)48-26-13-12-25-47(48)46-24-11-10-23-45(46)40-19-8-3-9-20-40/h1-35H. The molecule has 0 bridgehead atoms. The third-order valence-corrected chi connectivity index (χ3v) is 9.80. The largest absolute Gasteiger partial charge is 0.208 e. The number of benzene rings is 8.